The average Bonchev–Trinajstić information content (AvgIpc) is 3.18. The van der Waals surface area contributed by atoms with Crippen LogP contribution in [0.5, 0.6) is 0 Å². The second-order valence-electron chi connectivity index (χ2n) is 17.6. The van der Waals surface area contributed by atoms with Gasteiger partial charge in [0, 0.05) is 19.3 Å². The molecular weight excluding hydrogens is 697 g/mol. The first-order chi connectivity index (χ1) is 27.4. The third kappa shape index (κ3) is 43.5. The van der Waals surface area contributed by atoms with Crippen molar-refractivity contribution in [2.75, 3.05) is 13.2 Å². The number of unbranched alkanes of at least 4 members (excludes halogenated alkanes) is 32. The summed E-state index contributed by atoms with van der Waals surface area (Å²) in [5, 5.41) is 0. The van der Waals surface area contributed by atoms with Crippen LogP contribution >= 0.6 is 0 Å². The monoisotopic (exact) mass is 793 g/mol. The molecule has 0 bridgehead atoms. The van der Waals surface area contributed by atoms with Crippen LogP contribution < -0.4 is 0 Å². The standard InChI is InChI=1S/C50H96O6/c1-5-7-9-11-13-15-17-18-19-20-22-25-29-33-37-41-48(51)54-44-47(56-50(53)43-39-35-31-26-21-16-14-12-10-8-6-2)45-55-49(52)42-38-34-30-27-23-24-28-32-36-40-46(3)4/h46-47H,5-45H2,1-4H3/t47-/m0/s1. The highest BCUT2D eigenvalue weighted by Gasteiger charge is 2.19. The summed E-state index contributed by atoms with van der Waals surface area (Å²) in [5.74, 6) is -0.0401. The second kappa shape index (κ2) is 44.5. The molecule has 0 unspecified atom stereocenters. The van der Waals surface area contributed by atoms with Gasteiger partial charge in [0.05, 0.1) is 0 Å². The zero-order valence-corrected chi connectivity index (χ0v) is 38.1. The zero-order valence-electron chi connectivity index (χ0n) is 38.1. The number of ether oxygens (including phenoxy) is 3. The predicted octanol–water partition coefficient (Wildman–Crippen LogP) is 15.9. The summed E-state index contributed by atoms with van der Waals surface area (Å²) in [6, 6.07) is 0. The van der Waals surface area contributed by atoms with Gasteiger partial charge in [-0.15, -0.1) is 0 Å². The van der Waals surface area contributed by atoms with E-state index in [4.69, 9.17) is 14.2 Å². The van der Waals surface area contributed by atoms with Crippen LogP contribution in [0.25, 0.3) is 0 Å². The van der Waals surface area contributed by atoms with Gasteiger partial charge in [-0.05, 0) is 25.2 Å². The SMILES string of the molecule is CCCCCCCCCCCCCCCCCC(=O)OC[C@@H](COC(=O)CCCCCCCCCCCC(C)C)OC(=O)CCCCCCCCCCCCC. The molecule has 0 aliphatic rings. The Morgan fingerprint density at radius 3 is 0.875 bits per heavy atom. The number of carbonyl (C=O) groups excluding carboxylic acids is 3. The van der Waals surface area contributed by atoms with Gasteiger partial charge in [-0.3, -0.25) is 14.4 Å². The first kappa shape index (κ1) is 54.4. The number of carbonyl (C=O) groups is 3. The molecule has 0 aromatic rings. The first-order valence-electron chi connectivity index (χ1n) is 24.9. The molecule has 0 saturated carbocycles. The molecule has 0 aliphatic carbocycles. The van der Waals surface area contributed by atoms with Crippen molar-refractivity contribution in [1.29, 1.82) is 0 Å². The van der Waals surface area contributed by atoms with Crippen molar-refractivity contribution in [1.82, 2.24) is 0 Å². The van der Waals surface area contributed by atoms with Gasteiger partial charge in [0.1, 0.15) is 13.2 Å². The fourth-order valence-electron chi connectivity index (χ4n) is 7.51. The van der Waals surface area contributed by atoms with Gasteiger partial charge in [-0.1, -0.05) is 240 Å². The molecule has 6 heteroatoms. The molecule has 0 radical (unpaired) electrons. The minimum atomic E-state index is -0.760. The van der Waals surface area contributed by atoms with E-state index in [0.29, 0.717) is 19.3 Å². The highest BCUT2D eigenvalue weighted by atomic mass is 16.6. The maximum Gasteiger partial charge on any atom is 0.306 e. The molecular formula is C50H96O6. The van der Waals surface area contributed by atoms with Crippen LogP contribution in [0.15, 0.2) is 0 Å². The predicted molar refractivity (Wildman–Crippen MR) is 238 cm³/mol. The molecule has 1 atom stereocenters. The molecule has 0 rings (SSSR count). The van der Waals surface area contributed by atoms with Crippen LogP contribution in [0.4, 0.5) is 0 Å². The van der Waals surface area contributed by atoms with Crippen molar-refractivity contribution in [3.63, 3.8) is 0 Å². The van der Waals surface area contributed by atoms with Crippen LogP contribution in [0.1, 0.15) is 278 Å². The van der Waals surface area contributed by atoms with E-state index in [2.05, 4.69) is 27.7 Å². The van der Waals surface area contributed by atoms with E-state index in [-0.39, 0.29) is 31.1 Å². The van der Waals surface area contributed by atoms with Crippen LogP contribution in [0, 0.1) is 5.92 Å². The van der Waals surface area contributed by atoms with Crippen molar-refractivity contribution in [2.45, 2.75) is 284 Å². The van der Waals surface area contributed by atoms with E-state index >= 15 is 0 Å². The summed E-state index contributed by atoms with van der Waals surface area (Å²) >= 11 is 0. The Kier molecular flexibility index (Phi) is 43.2. The molecule has 0 fully saturated rings. The van der Waals surface area contributed by atoms with Gasteiger partial charge in [0.25, 0.3) is 0 Å². The summed E-state index contributed by atoms with van der Waals surface area (Å²) in [6.07, 6.45) is 45.1. The topological polar surface area (TPSA) is 78.9 Å². The van der Waals surface area contributed by atoms with E-state index in [1.807, 2.05) is 0 Å². The van der Waals surface area contributed by atoms with Crippen molar-refractivity contribution in [3.8, 4) is 0 Å². The van der Waals surface area contributed by atoms with E-state index in [0.717, 1.165) is 63.7 Å². The van der Waals surface area contributed by atoms with Gasteiger partial charge in [0.2, 0.25) is 0 Å². The minimum absolute atomic E-state index is 0.0632. The van der Waals surface area contributed by atoms with E-state index in [1.54, 1.807) is 0 Å². The summed E-state index contributed by atoms with van der Waals surface area (Å²) in [6.45, 7) is 8.99. The zero-order chi connectivity index (χ0) is 41.0. The highest BCUT2D eigenvalue weighted by Crippen LogP contribution is 2.17. The van der Waals surface area contributed by atoms with Crippen molar-refractivity contribution >= 4 is 17.9 Å². The molecule has 0 N–H and O–H groups in total. The molecule has 6 nitrogen and oxygen atoms in total. The first-order valence-corrected chi connectivity index (χ1v) is 24.9. The maximum absolute atomic E-state index is 12.7. The van der Waals surface area contributed by atoms with Crippen LogP contribution in [0.2, 0.25) is 0 Å². The highest BCUT2D eigenvalue weighted by molar-refractivity contribution is 5.71. The lowest BCUT2D eigenvalue weighted by Crippen LogP contribution is -2.30. The van der Waals surface area contributed by atoms with Crippen LogP contribution in [-0.2, 0) is 28.6 Å². The number of hydrogen-bond acceptors (Lipinski definition) is 6. The fraction of sp³-hybridized carbons (Fsp3) is 0.940. The molecule has 56 heavy (non-hydrogen) atoms. The number of rotatable bonds is 45. The smallest absolute Gasteiger partial charge is 0.306 e. The summed E-state index contributed by atoms with van der Waals surface area (Å²) in [7, 11) is 0. The molecule has 332 valence electrons. The minimum Gasteiger partial charge on any atom is -0.462 e. The van der Waals surface area contributed by atoms with Gasteiger partial charge in [-0.25, -0.2) is 0 Å². The summed E-state index contributed by atoms with van der Waals surface area (Å²) in [4.78, 5) is 37.8. The summed E-state index contributed by atoms with van der Waals surface area (Å²) < 4.78 is 16.8. The Morgan fingerprint density at radius 1 is 0.339 bits per heavy atom. The van der Waals surface area contributed by atoms with Gasteiger partial charge >= 0.3 is 17.9 Å². The Bertz CT molecular complexity index is 841. The van der Waals surface area contributed by atoms with E-state index < -0.39 is 6.10 Å². The molecule has 0 saturated heterocycles. The molecule has 0 heterocycles. The molecule has 0 aliphatic heterocycles. The lowest BCUT2D eigenvalue weighted by atomic mass is 10.0. The third-order valence-corrected chi connectivity index (χ3v) is 11.3. The second-order valence-corrected chi connectivity index (χ2v) is 17.6. The van der Waals surface area contributed by atoms with E-state index in [9.17, 15) is 14.4 Å². The van der Waals surface area contributed by atoms with Crippen molar-refractivity contribution in [3.05, 3.63) is 0 Å². The van der Waals surface area contributed by atoms with Gasteiger partial charge < -0.3 is 14.2 Å². The average molecular weight is 793 g/mol. The van der Waals surface area contributed by atoms with Gasteiger partial charge in [-0.2, -0.15) is 0 Å². The molecule has 0 aromatic carbocycles. The Balaban J connectivity index is 4.29. The normalized spacial score (nSPS) is 11.9. The van der Waals surface area contributed by atoms with Gasteiger partial charge in [0.15, 0.2) is 6.10 Å². The largest absolute Gasteiger partial charge is 0.462 e. The van der Waals surface area contributed by atoms with Crippen LogP contribution in [0.3, 0.4) is 0 Å². The lowest BCUT2D eigenvalue weighted by molar-refractivity contribution is -0.167. The quantitative estimate of drug-likeness (QED) is 0.0347. The maximum atomic E-state index is 12.7. The molecule has 0 amide bonds. The Labute approximate surface area is 348 Å². The van der Waals surface area contributed by atoms with Crippen LogP contribution in [-0.4, -0.2) is 37.2 Å². The summed E-state index contributed by atoms with van der Waals surface area (Å²) in [5.41, 5.74) is 0. The Hall–Kier alpha value is -1.59. The molecule has 0 spiro atoms. The fourth-order valence-corrected chi connectivity index (χ4v) is 7.51. The lowest BCUT2D eigenvalue weighted by Gasteiger charge is -2.18. The van der Waals surface area contributed by atoms with Crippen molar-refractivity contribution in [2.24, 2.45) is 5.92 Å². The van der Waals surface area contributed by atoms with E-state index in [1.165, 1.54) is 173 Å². The number of hydrogen-bond donors (Lipinski definition) is 0. The Morgan fingerprint density at radius 2 is 0.589 bits per heavy atom. The van der Waals surface area contributed by atoms with Crippen molar-refractivity contribution < 1.29 is 28.6 Å². The number of esters is 3. The molecule has 0 aromatic heterocycles. The third-order valence-electron chi connectivity index (χ3n) is 11.3.